The topological polar surface area (TPSA) is 32.3 Å². The summed E-state index contributed by atoms with van der Waals surface area (Å²) in [5, 5.41) is 3.20. The highest BCUT2D eigenvalue weighted by Crippen LogP contribution is 2.23. The third-order valence-electron chi connectivity index (χ3n) is 4.11. The smallest absolute Gasteiger partial charge is 0.253 e. The first-order valence-corrected chi connectivity index (χ1v) is 8.11. The van der Waals surface area contributed by atoms with Gasteiger partial charge >= 0.3 is 0 Å². The summed E-state index contributed by atoms with van der Waals surface area (Å²) in [6, 6.07) is 5.84. The van der Waals surface area contributed by atoms with Crippen molar-refractivity contribution in [2.75, 3.05) is 26.7 Å². The van der Waals surface area contributed by atoms with Crippen LogP contribution < -0.4 is 5.32 Å². The van der Waals surface area contributed by atoms with Crippen LogP contribution in [0, 0.1) is 12.8 Å². The lowest BCUT2D eigenvalue weighted by Crippen LogP contribution is -2.39. The summed E-state index contributed by atoms with van der Waals surface area (Å²) in [6.45, 7) is 4.88. The third-order valence-corrected chi connectivity index (χ3v) is 5.00. The van der Waals surface area contributed by atoms with Crippen LogP contribution in [0.3, 0.4) is 0 Å². The minimum absolute atomic E-state index is 0. The monoisotopic (exact) mass is 374 g/mol. The second-order valence-electron chi connectivity index (χ2n) is 5.59. The van der Waals surface area contributed by atoms with Crippen LogP contribution in [0.2, 0.25) is 0 Å². The average molecular weight is 376 g/mol. The standard InChI is InChI=1S/C16H23BrN2O.ClH/c1-12-11-14(3-4-15(12)17)16(20)19-9-6-13(7-10-19)5-8-18-2;/h3-4,11,13,18H,5-10H2,1-2H3;1H. The Kier molecular flexibility index (Phi) is 7.71. The molecule has 5 heteroatoms. The summed E-state index contributed by atoms with van der Waals surface area (Å²) in [5.41, 5.74) is 1.92. The Morgan fingerprint density at radius 3 is 2.62 bits per heavy atom. The number of aryl methyl sites for hydroxylation is 1. The molecule has 1 N–H and O–H groups in total. The lowest BCUT2D eigenvalue weighted by molar-refractivity contribution is 0.0687. The lowest BCUT2D eigenvalue weighted by Gasteiger charge is -2.32. The van der Waals surface area contributed by atoms with Crippen molar-refractivity contribution < 1.29 is 4.79 Å². The maximum atomic E-state index is 12.5. The number of piperidine rings is 1. The summed E-state index contributed by atoms with van der Waals surface area (Å²) < 4.78 is 1.06. The first-order valence-electron chi connectivity index (χ1n) is 7.32. The molecule has 1 aliphatic heterocycles. The van der Waals surface area contributed by atoms with Crippen molar-refractivity contribution in [2.24, 2.45) is 5.92 Å². The highest BCUT2D eigenvalue weighted by Gasteiger charge is 2.23. The molecule has 1 heterocycles. The maximum Gasteiger partial charge on any atom is 0.253 e. The van der Waals surface area contributed by atoms with Crippen molar-refractivity contribution in [3.63, 3.8) is 0 Å². The second-order valence-corrected chi connectivity index (χ2v) is 6.45. The molecule has 0 spiro atoms. The molecule has 21 heavy (non-hydrogen) atoms. The quantitative estimate of drug-likeness (QED) is 0.871. The van der Waals surface area contributed by atoms with E-state index in [1.165, 1.54) is 6.42 Å². The molecule has 3 nitrogen and oxygen atoms in total. The van der Waals surface area contributed by atoms with Crippen molar-refractivity contribution in [3.05, 3.63) is 33.8 Å². The van der Waals surface area contributed by atoms with E-state index in [1.807, 2.05) is 37.1 Å². The summed E-state index contributed by atoms with van der Waals surface area (Å²) in [7, 11) is 1.99. The normalized spacial score (nSPS) is 15.7. The van der Waals surface area contributed by atoms with Crippen molar-refractivity contribution in [3.8, 4) is 0 Å². The van der Waals surface area contributed by atoms with Gasteiger partial charge in [-0.2, -0.15) is 0 Å². The summed E-state index contributed by atoms with van der Waals surface area (Å²) in [6.07, 6.45) is 3.47. The fourth-order valence-electron chi connectivity index (χ4n) is 2.73. The van der Waals surface area contributed by atoms with Gasteiger partial charge in [-0.15, -0.1) is 12.4 Å². The zero-order valence-corrected chi connectivity index (χ0v) is 15.1. The number of amides is 1. The van der Waals surface area contributed by atoms with Gasteiger partial charge in [0.25, 0.3) is 5.91 Å². The van der Waals surface area contributed by atoms with Crippen molar-refractivity contribution in [1.82, 2.24) is 10.2 Å². The van der Waals surface area contributed by atoms with Crippen LogP contribution in [0.1, 0.15) is 35.2 Å². The molecule has 1 aromatic rings. The highest BCUT2D eigenvalue weighted by molar-refractivity contribution is 9.10. The van der Waals surface area contributed by atoms with Crippen LogP contribution in [0.5, 0.6) is 0 Å². The van der Waals surface area contributed by atoms with E-state index in [0.29, 0.717) is 0 Å². The van der Waals surface area contributed by atoms with Gasteiger partial charge in [-0.05, 0) is 69.5 Å². The molecule has 2 rings (SSSR count). The Hall–Kier alpha value is -0.580. The van der Waals surface area contributed by atoms with Crippen LogP contribution in [-0.4, -0.2) is 37.5 Å². The van der Waals surface area contributed by atoms with Crippen LogP contribution >= 0.6 is 28.3 Å². The third kappa shape index (κ3) is 4.97. The second kappa shape index (κ2) is 8.76. The van der Waals surface area contributed by atoms with E-state index in [4.69, 9.17) is 0 Å². The zero-order valence-electron chi connectivity index (χ0n) is 12.7. The van der Waals surface area contributed by atoms with Crippen LogP contribution in [0.25, 0.3) is 0 Å². The number of likely N-dealkylation sites (tertiary alicyclic amines) is 1. The van der Waals surface area contributed by atoms with Gasteiger partial charge < -0.3 is 10.2 Å². The van der Waals surface area contributed by atoms with Crippen LogP contribution in [0.4, 0.5) is 0 Å². The number of benzene rings is 1. The molecule has 0 atom stereocenters. The number of carbonyl (C=O) groups excluding carboxylic acids is 1. The van der Waals surface area contributed by atoms with E-state index >= 15 is 0 Å². The Bertz CT molecular complexity index is 473. The molecule has 0 aromatic heterocycles. The fraction of sp³-hybridized carbons (Fsp3) is 0.562. The Morgan fingerprint density at radius 2 is 2.05 bits per heavy atom. The number of hydrogen-bond donors (Lipinski definition) is 1. The van der Waals surface area contributed by atoms with E-state index in [9.17, 15) is 4.79 Å². The molecule has 1 saturated heterocycles. The number of rotatable bonds is 4. The van der Waals surface area contributed by atoms with E-state index in [1.54, 1.807) is 0 Å². The fourth-order valence-corrected chi connectivity index (χ4v) is 2.98. The predicted octanol–water partition coefficient (Wildman–Crippen LogP) is 3.64. The number of nitrogens with one attached hydrogen (secondary N) is 1. The SMILES string of the molecule is CNCCC1CCN(C(=O)c2ccc(Br)c(C)c2)CC1.Cl. The van der Waals surface area contributed by atoms with E-state index in [2.05, 4.69) is 21.2 Å². The first-order chi connectivity index (χ1) is 9.61. The van der Waals surface area contributed by atoms with Gasteiger partial charge in [0.05, 0.1) is 0 Å². The lowest BCUT2D eigenvalue weighted by atomic mass is 9.93. The molecular formula is C16H24BrClN2O. The van der Waals surface area contributed by atoms with E-state index < -0.39 is 0 Å². The van der Waals surface area contributed by atoms with Gasteiger partial charge in [-0.25, -0.2) is 0 Å². The molecule has 0 radical (unpaired) electrons. The Labute approximate surface area is 142 Å². The molecule has 118 valence electrons. The minimum atomic E-state index is 0. The molecule has 1 amide bonds. The van der Waals surface area contributed by atoms with Gasteiger partial charge in [-0.1, -0.05) is 15.9 Å². The number of carbonyl (C=O) groups is 1. The number of halogens is 2. The molecule has 1 aliphatic rings. The van der Waals surface area contributed by atoms with Gasteiger partial charge in [0, 0.05) is 23.1 Å². The molecule has 0 saturated carbocycles. The highest BCUT2D eigenvalue weighted by atomic mass is 79.9. The Morgan fingerprint density at radius 1 is 1.38 bits per heavy atom. The minimum Gasteiger partial charge on any atom is -0.339 e. The van der Waals surface area contributed by atoms with Gasteiger partial charge in [0.2, 0.25) is 0 Å². The van der Waals surface area contributed by atoms with Gasteiger partial charge in [-0.3, -0.25) is 4.79 Å². The molecule has 1 fully saturated rings. The molecule has 0 bridgehead atoms. The summed E-state index contributed by atoms with van der Waals surface area (Å²) >= 11 is 3.48. The first kappa shape index (κ1) is 18.5. The molecule has 1 aromatic carbocycles. The number of hydrogen-bond acceptors (Lipinski definition) is 2. The van der Waals surface area contributed by atoms with Gasteiger partial charge in [0.15, 0.2) is 0 Å². The predicted molar refractivity (Wildman–Crippen MR) is 93.3 cm³/mol. The van der Waals surface area contributed by atoms with E-state index in [0.717, 1.165) is 54.0 Å². The van der Waals surface area contributed by atoms with E-state index in [-0.39, 0.29) is 18.3 Å². The van der Waals surface area contributed by atoms with Crippen molar-refractivity contribution >= 4 is 34.2 Å². The Balaban J connectivity index is 0.00000220. The van der Waals surface area contributed by atoms with Crippen molar-refractivity contribution in [1.29, 1.82) is 0 Å². The summed E-state index contributed by atoms with van der Waals surface area (Å²) in [4.78, 5) is 14.5. The summed E-state index contributed by atoms with van der Waals surface area (Å²) in [5.74, 6) is 0.936. The van der Waals surface area contributed by atoms with Crippen molar-refractivity contribution in [2.45, 2.75) is 26.2 Å². The average Bonchev–Trinajstić information content (AvgIpc) is 2.48. The zero-order chi connectivity index (χ0) is 14.5. The number of nitrogens with zero attached hydrogens (tertiary/aromatic N) is 1. The molecular weight excluding hydrogens is 352 g/mol. The largest absolute Gasteiger partial charge is 0.339 e. The molecule has 0 unspecified atom stereocenters. The maximum absolute atomic E-state index is 12.5. The van der Waals surface area contributed by atoms with Gasteiger partial charge in [0.1, 0.15) is 0 Å². The molecule has 0 aliphatic carbocycles. The van der Waals surface area contributed by atoms with Crippen LogP contribution in [0.15, 0.2) is 22.7 Å². The van der Waals surface area contributed by atoms with Crippen LogP contribution in [-0.2, 0) is 0 Å².